The van der Waals surface area contributed by atoms with Gasteiger partial charge in [-0.3, -0.25) is 4.79 Å². The Morgan fingerprint density at radius 1 is 0.944 bits per heavy atom. The number of carbonyl (C=O) groups is 1. The molecule has 18 heavy (non-hydrogen) atoms. The highest BCUT2D eigenvalue weighted by Crippen LogP contribution is 2.18. The summed E-state index contributed by atoms with van der Waals surface area (Å²) in [5.41, 5.74) is 0. The molecule has 1 saturated heterocycles. The van der Waals surface area contributed by atoms with Gasteiger partial charge in [-0.05, 0) is 32.2 Å². The summed E-state index contributed by atoms with van der Waals surface area (Å²) in [7, 11) is 0. The van der Waals surface area contributed by atoms with Gasteiger partial charge in [-0.2, -0.15) is 0 Å². The fourth-order valence-electron chi connectivity index (χ4n) is 3.00. The summed E-state index contributed by atoms with van der Waals surface area (Å²) in [6, 6.07) is 0.449. The molecule has 0 radical (unpaired) electrons. The van der Waals surface area contributed by atoms with Crippen molar-refractivity contribution in [1.82, 2.24) is 10.6 Å². The zero-order chi connectivity index (χ0) is 11.9. The number of rotatable bonds is 2. The predicted octanol–water partition coefficient (Wildman–Crippen LogP) is 2.64. The first-order valence-corrected chi connectivity index (χ1v) is 7.37. The maximum absolute atomic E-state index is 12.1. The second-order valence-corrected chi connectivity index (χ2v) is 5.59. The van der Waals surface area contributed by atoms with Crippen LogP contribution in [0.5, 0.6) is 0 Å². The number of hydrogen-bond acceptors (Lipinski definition) is 2. The summed E-state index contributed by atoms with van der Waals surface area (Å²) in [6.45, 7) is 1.95. The lowest BCUT2D eigenvalue weighted by molar-refractivity contribution is -0.126. The van der Waals surface area contributed by atoms with Crippen molar-refractivity contribution >= 4 is 18.3 Å². The monoisotopic (exact) mass is 274 g/mol. The summed E-state index contributed by atoms with van der Waals surface area (Å²) in [5.74, 6) is 0.511. The van der Waals surface area contributed by atoms with E-state index in [4.69, 9.17) is 0 Å². The van der Waals surface area contributed by atoms with Gasteiger partial charge in [0.05, 0.1) is 5.92 Å². The highest BCUT2D eigenvalue weighted by Gasteiger charge is 2.23. The fraction of sp³-hybridized carbons (Fsp3) is 0.929. The number of nitrogens with one attached hydrogen (secondary N) is 2. The molecule has 1 heterocycles. The highest BCUT2D eigenvalue weighted by molar-refractivity contribution is 5.85. The summed E-state index contributed by atoms with van der Waals surface area (Å²) >= 11 is 0. The van der Waals surface area contributed by atoms with Crippen LogP contribution < -0.4 is 10.6 Å². The van der Waals surface area contributed by atoms with Crippen LogP contribution in [0.25, 0.3) is 0 Å². The van der Waals surface area contributed by atoms with E-state index in [1.165, 1.54) is 44.9 Å². The zero-order valence-corrected chi connectivity index (χ0v) is 12.1. The van der Waals surface area contributed by atoms with Gasteiger partial charge >= 0.3 is 0 Å². The van der Waals surface area contributed by atoms with Crippen LogP contribution in [0.1, 0.15) is 57.8 Å². The van der Waals surface area contributed by atoms with Crippen LogP contribution >= 0.6 is 12.4 Å². The molecule has 2 aliphatic rings. The molecule has 1 saturated carbocycles. The number of halogens is 1. The number of hydrogen-bond donors (Lipinski definition) is 2. The molecule has 2 fully saturated rings. The van der Waals surface area contributed by atoms with Crippen LogP contribution in [-0.2, 0) is 4.79 Å². The maximum Gasteiger partial charge on any atom is 0.224 e. The number of amides is 1. The minimum atomic E-state index is 0. The molecule has 0 bridgehead atoms. The Balaban J connectivity index is 0.00000162. The number of piperidine rings is 1. The zero-order valence-electron chi connectivity index (χ0n) is 11.2. The Hall–Kier alpha value is -0.280. The smallest absolute Gasteiger partial charge is 0.224 e. The van der Waals surface area contributed by atoms with E-state index in [0.717, 1.165) is 25.9 Å². The largest absolute Gasteiger partial charge is 0.353 e. The Morgan fingerprint density at radius 2 is 1.61 bits per heavy atom. The second kappa shape index (κ2) is 8.76. The third-order valence-corrected chi connectivity index (χ3v) is 4.12. The SMILES string of the molecule is Cl.O=C(NC1CCCCCCC1)[C@@H]1CCCNC1. The first kappa shape index (κ1) is 15.8. The van der Waals surface area contributed by atoms with Crippen molar-refractivity contribution in [2.75, 3.05) is 13.1 Å². The van der Waals surface area contributed by atoms with Gasteiger partial charge in [-0.15, -0.1) is 12.4 Å². The Bertz CT molecular complexity index is 234. The molecule has 3 nitrogen and oxygen atoms in total. The van der Waals surface area contributed by atoms with E-state index in [1.807, 2.05) is 0 Å². The first-order chi connectivity index (χ1) is 8.36. The average Bonchev–Trinajstić information content (AvgIpc) is 2.33. The van der Waals surface area contributed by atoms with Crippen molar-refractivity contribution in [3.63, 3.8) is 0 Å². The van der Waals surface area contributed by atoms with E-state index < -0.39 is 0 Å². The molecular weight excluding hydrogens is 248 g/mol. The molecule has 106 valence electrons. The van der Waals surface area contributed by atoms with Crippen molar-refractivity contribution in [2.24, 2.45) is 5.92 Å². The van der Waals surface area contributed by atoms with Gasteiger partial charge in [0.2, 0.25) is 5.91 Å². The van der Waals surface area contributed by atoms with E-state index in [0.29, 0.717) is 11.9 Å². The third-order valence-electron chi connectivity index (χ3n) is 4.12. The van der Waals surface area contributed by atoms with Crippen molar-refractivity contribution < 1.29 is 4.79 Å². The molecule has 4 heteroatoms. The summed E-state index contributed by atoms with van der Waals surface area (Å²) in [6.07, 6.45) is 11.2. The normalized spacial score (nSPS) is 26.6. The third kappa shape index (κ3) is 5.15. The molecule has 0 aromatic heterocycles. The molecule has 0 spiro atoms. The van der Waals surface area contributed by atoms with Crippen LogP contribution in [-0.4, -0.2) is 25.0 Å². The molecule has 0 aromatic rings. The molecule has 1 aliphatic heterocycles. The van der Waals surface area contributed by atoms with Crippen LogP contribution in [0, 0.1) is 5.92 Å². The van der Waals surface area contributed by atoms with Crippen molar-refractivity contribution in [3.05, 3.63) is 0 Å². The molecule has 2 N–H and O–H groups in total. The van der Waals surface area contributed by atoms with E-state index >= 15 is 0 Å². The van der Waals surface area contributed by atoms with Crippen LogP contribution in [0.4, 0.5) is 0 Å². The molecule has 1 amide bonds. The fourth-order valence-corrected chi connectivity index (χ4v) is 3.00. The van der Waals surface area contributed by atoms with Crippen molar-refractivity contribution in [2.45, 2.75) is 63.8 Å². The van der Waals surface area contributed by atoms with Crippen molar-refractivity contribution in [3.8, 4) is 0 Å². The van der Waals surface area contributed by atoms with Gasteiger partial charge < -0.3 is 10.6 Å². The molecule has 0 unspecified atom stereocenters. The lowest BCUT2D eigenvalue weighted by Crippen LogP contribution is -2.44. The molecule has 1 aliphatic carbocycles. The van der Waals surface area contributed by atoms with Crippen LogP contribution in [0.15, 0.2) is 0 Å². The van der Waals surface area contributed by atoms with Crippen molar-refractivity contribution in [1.29, 1.82) is 0 Å². The van der Waals surface area contributed by atoms with E-state index in [2.05, 4.69) is 10.6 Å². The average molecular weight is 275 g/mol. The second-order valence-electron chi connectivity index (χ2n) is 5.59. The summed E-state index contributed by atoms with van der Waals surface area (Å²) < 4.78 is 0. The lowest BCUT2D eigenvalue weighted by Gasteiger charge is -2.26. The molecule has 2 rings (SSSR count). The summed E-state index contributed by atoms with van der Waals surface area (Å²) in [4.78, 5) is 12.1. The van der Waals surface area contributed by atoms with Gasteiger partial charge in [0.25, 0.3) is 0 Å². The first-order valence-electron chi connectivity index (χ1n) is 7.37. The molecule has 1 atom stereocenters. The quantitative estimate of drug-likeness (QED) is 0.813. The van der Waals surface area contributed by atoms with Crippen LogP contribution in [0.2, 0.25) is 0 Å². The van der Waals surface area contributed by atoms with Gasteiger partial charge in [-0.1, -0.05) is 32.1 Å². The summed E-state index contributed by atoms with van der Waals surface area (Å²) in [5, 5.41) is 6.59. The minimum absolute atomic E-state index is 0. The van der Waals surface area contributed by atoms with Gasteiger partial charge in [0.15, 0.2) is 0 Å². The predicted molar refractivity (Wildman–Crippen MR) is 77.1 cm³/mol. The van der Waals surface area contributed by atoms with E-state index in [1.54, 1.807) is 0 Å². The Labute approximate surface area is 117 Å². The maximum atomic E-state index is 12.1. The lowest BCUT2D eigenvalue weighted by atomic mass is 9.94. The highest BCUT2D eigenvalue weighted by atomic mass is 35.5. The molecule has 0 aromatic carbocycles. The number of carbonyl (C=O) groups excluding carboxylic acids is 1. The minimum Gasteiger partial charge on any atom is -0.353 e. The van der Waals surface area contributed by atoms with Crippen LogP contribution in [0.3, 0.4) is 0 Å². The standard InChI is InChI=1S/C14H26N2O.ClH/c17-14(12-7-6-10-15-11-12)16-13-8-4-2-1-3-5-9-13;/h12-13,15H,1-11H2,(H,16,17);1H/t12-;/m1./s1. The van der Waals surface area contributed by atoms with E-state index in [-0.39, 0.29) is 18.3 Å². The topological polar surface area (TPSA) is 41.1 Å². The van der Waals surface area contributed by atoms with E-state index in [9.17, 15) is 4.79 Å². The van der Waals surface area contributed by atoms with Gasteiger partial charge in [-0.25, -0.2) is 0 Å². The Morgan fingerprint density at radius 3 is 2.22 bits per heavy atom. The van der Waals surface area contributed by atoms with Gasteiger partial charge in [0.1, 0.15) is 0 Å². The van der Waals surface area contributed by atoms with Gasteiger partial charge in [0, 0.05) is 12.6 Å². The molecular formula is C14H27ClN2O. The Kier molecular flexibility index (Phi) is 7.68.